The summed E-state index contributed by atoms with van der Waals surface area (Å²) < 4.78 is 27.5. The molecule has 1 saturated heterocycles. The third-order valence-corrected chi connectivity index (χ3v) is 4.36. The molecule has 1 aliphatic heterocycles. The largest absolute Gasteiger partial charge is 0.353 e. The van der Waals surface area contributed by atoms with Gasteiger partial charge >= 0.3 is 0 Å². The molecule has 1 aromatic rings. The van der Waals surface area contributed by atoms with Crippen molar-refractivity contribution in [3.8, 4) is 0 Å². The normalized spacial score (nSPS) is 16.3. The minimum atomic E-state index is -0.955. The Morgan fingerprint density at radius 2 is 1.81 bits per heavy atom. The maximum Gasteiger partial charge on any atom is 0.257 e. The summed E-state index contributed by atoms with van der Waals surface area (Å²) in [5.74, 6) is -3.43. The maximum atomic E-state index is 13.8. The summed E-state index contributed by atoms with van der Waals surface area (Å²) in [5.41, 5.74) is -0.674. The molecule has 8 heteroatoms. The lowest BCUT2D eigenvalue weighted by molar-refractivity contribution is -0.124. The van der Waals surface area contributed by atoms with Crippen LogP contribution < -0.4 is 16.0 Å². The Kier molecular flexibility index (Phi) is 7.47. The average molecular weight is 368 g/mol. The standard InChI is InChI=1S/C18H26F2N4O2/c1-12(2)16(18(26)22-8-11-24-9-6-21-7-10-24)23-17(25)15-13(19)4-3-5-14(15)20/h3-5,12,16,21H,6-11H2,1-2H3,(H,22,26)(H,23,25). The van der Waals surface area contributed by atoms with Crippen molar-refractivity contribution in [2.45, 2.75) is 19.9 Å². The van der Waals surface area contributed by atoms with Crippen molar-refractivity contribution in [2.75, 3.05) is 39.3 Å². The zero-order valence-corrected chi connectivity index (χ0v) is 15.1. The van der Waals surface area contributed by atoms with Crippen LogP contribution in [0, 0.1) is 17.6 Å². The maximum absolute atomic E-state index is 13.8. The number of carbonyl (C=O) groups is 2. The van der Waals surface area contributed by atoms with Crippen LogP contribution in [0.2, 0.25) is 0 Å². The van der Waals surface area contributed by atoms with Crippen LogP contribution in [0.25, 0.3) is 0 Å². The van der Waals surface area contributed by atoms with Crippen LogP contribution in [0.4, 0.5) is 8.78 Å². The summed E-state index contributed by atoms with van der Waals surface area (Å²) in [6.07, 6.45) is 0. The van der Waals surface area contributed by atoms with Crippen LogP contribution in [-0.2, 0) is 4.79 Å². The second kappa shape index (κ2) is 9.59. The first-order chi connectivity index (χ1) is 12.4. The fraction of sp³-hybridized carbons (Fsp3) is 0.556. The van der Waals surface area contributed by atoms with Gasteiger partial charge < -0.3 is 16.0 Å². The van der Waals surface area contributed by atoms with Crippen molar-refractivity contribution >= 4 is 11.8 Å². The number of nitrogens with zero attached hydrogens (tertiary/aromatic N) is 1. The van der Waals surface area contributed by atoms with Gasteiger partial charge in [0, 0.05) is 39.3 Å². The molecule has 2 rings (SSSR count). The van der Waals surface area contributed by atoms with Crippen LogP contribution in [0.1, 0.15) is 24.2 Å². The van der Waals surface area contributed by atoms with Gasteiger partial charge in [-0.15, -0.1) is 0 Å². The second-order valence-corrected chi connectivity index (χ2v) is 6.67. The van der Waals surface area contributed by atoms with Crippen molar-refractivity contribution in [3.63, 3.8) is 0 Å². The highest BCUT2D eigenvalue weighted by Gasteiger charge is 2.27. The predicted molar refractivity (Wildman–Crippen MR) is 94.8 cm³/mol. The molecule has 0 aliphatic carbocycles. The first kappa shape index (κ1) is 20.3. The average Bonchev–Trinajstić information content (AvgIpc) is 2.60. The molecule has 1 unspecified atom stereocenters. The van der Waals surface area contributed by atoms with Crippen LogP contribution in [0.15, 0.2) is 18.2 Å². The van der Waals surface area contributed by atoms with Crippen LogP contribution >= 0.6 is 0 Å². The van der Waals surface area contributed by atoms with E-state index in [-0.39, 0.29) is 11.8 Å². The molecule has 2 amide bonds. The van der Waals surface area contributed by atoms with E-state index in [4.69, 9.17) is 0 Å². The topological polar surface area (TPSA) is 73.5 Å². The van der Waals surface area contributed by atoms with Gasteiger partial charge in [-0.1, -0.05) is 19.9 Å². The van der Waals surface area contributed by atoms with Gasteiger partial charge in [0.1, 0.15) is 23.2 Å². The summed E-state index contributed by atoms with van der Waals surface area (Å²) in [6, 6.07) is 2.33. The first-order valence-electron chi connectivity index (χ1n) is 8.85. The number of hydrogen-bond acceptors (Lipinski definition) is 4. The lowest BCUT2D eigenvalue weighted by atomic mass is 10.0. The SMILES string of the molecule is CC(C)C(NC(=O)c1c(F)cccc1F)C(=O)NCCN1CCNCC1. The molecule has 0 radical (unpaired) electrons. The Balaban J connectivity index is 1.92. The molecule has 1 aliphatic rings. The minimum absolute atomic E-state index is 0.229. The summed E-state index contributed by atoms with van der Waals surface area (Å²) in [7, 11) is 0. The molecule has 0 spiro atoms. The number of carbonyl (C=O) groups excluding carboxylic acids is 2. The number of rotatable bonds is 7. The lowest BCUT2D eigenvalue weighted by Crippen LogP contribution is -2.52. The third-order valence-electron chi connectivity index (χ3n) is 4.36. The van der Waals surface area contributed by atoms with E-state index in [9.17, 15) is 18.4 Å². The van der Waals surface area contributed by atoms with Gasteiger partial charge in [-0.2, -0.15) is 0 Å². The zero-order valence-electron chi connectivity index (χ0n) is 15.1. The van der Waals surface area contributed by atoms with Crippen molar-refractivity contribution in [1.29, 1.82) is 0 Å². The summed E-state index contributed by atoms with van der Waals surface area (Å²) in [5, 5.41) is 8.50. The van der Waals surface area contributed by atoms with Crippen LogP contribution in [-0.4, -0.2) is 62.0 Å². The van der Waals surface area contributed by atoms with Gasteiger partial charge in [0.2, 0.25) is 5.91 Å². The van der Waals surface area contributed by atoms with Gasteiger partial charge in [-0.05, 0) is 18.1 Å². The van der Waals surface area contributed by atoms with E-state index in [1.54, 1.807) is 13.8 Å². The molecule has 3 N–H and O–H groups in total. The summed E-state index contributed by atoms with van der Waals surface area (Å²) in [4.78, 5) is 26.9. The Morgan fingerprint density at radius 3 is 2.38 bits per heavy atom. The molecule has 26 heavy (non-hydrogen) atoms. The molecule has 0 saturated carbocycles. The zero-order chi connectivity index (χ0) is 19.1. The number of piperazine rings is 1. The third kappa shape index (κ3) is 5.47. The van der Waals surface area contributed by atoms with Crippen molar-refractivity contribution in [3.05, 3.63) is 35.4 Å². The van der Waals surface area contributed by atoms with Gasteiger partial charge in [0.25, 0.3) is 5.91 Å². The highest BCUT2D eigenvalue weighted by atomic mass is 19.1. The number of hydrogen-bond donors (Lipinski definition) is 3. The number of amides is 2. The van der Waals surface area contributed by atoms with Gasteiger partial charge in [0.15, 0.2) is 0 Å². The smallest absolute Gasteiger partial charge is 0.257 e. The number of halogens is 2. The lowest BCUT2D eigenvalue weighted by Gasteiger charge is -2.28. The van der Waals surface area contributed by atoms with E-state index < -0.39 is 29.1 Å². The molecule has 1 atom stereocenters. The Labute approximate surface area is 152 Å². The Morgan fingerprint density at radius 1 is 1.19 bits per heavy atom. The van der Waals surface area contributed by atoms with Gasteiger partial charge in [0.05, 0.1) is 0 Å². The van der Waals surface area contributed by atoms with Crippen LogP contribution in [0.3, 0.4) is 0 Å². The quantitative estimate of drug-likeness (QED) is 0.664. The van der Waals surface area contributed by atoms with E-state index in [1.807, 2.05) is 0 Å². The molecule has 0 bridgehead atoms. The molecule has 1 fully saturated rings. The summed E-state index contributed by atoms with van der Waals surface area (Å²) in [6.45, 7) is 8.39. The second-order valence-electron chi connectivity index (χ2n) is 6.67. The minimum Gasteiger partial charge on any atom is -0.353 e. The Hall–Kier alpha value is -2.06. The summed E-state index contributed by atoms with van der Waals surface area (Å²) >= 11 is 0. The molecular formula is C18H26F2N4O2. The highest BCUT2D eigenvalue weighted by Crippen LogP contribution is 2.13. The first-order valence-corrected chi connectivity index (χ1v) is 8.85. The highest BCUT2D eigenvalue weighted by molar-refractivity contribution is 5.98. The molecule has 1 heterocycles. The fourth-order valence-corrected chi connectivity index (χ4v) is 2.85. The molecule has 1 aromatic carbocycles. The van der Waals surface area contributed by atoms with Gasteiger partial charge in [-0.25, -0.2) is 8.78 Å². The molecule has 144 valence electrons. The molecule has 0 aromatic heterocycles. The monoisotopic (exact) mass is 368 g/mol. The van der Waals surface area contributed by atoms with E-state index in [1.165, 1.54) is 6.07 Å². The molecular weight excluding hydrogens is 342 g/mol. The number of nitrogens with one attached hydrogen (secondary N) is 3. The van der Waals surface area contributed by atoms with Crippen molar-refractivity contribution in [2.24, 2.45) is 5.92 Å². The van der Waals surface area contributed by atoms with Crippen molar-refractivity contribution in [1.82, 2.24) is 20.9 Å². The van der Waals surface area contributed by atoms with E-state index >= 15 is 0 Å². The predicted octanol–water partition coefficient (Wildman–Crippen LogP) is 0.741. The Bertz CT molecular complexity index is 613. The van der Waals surface area contributed by atoms with Gasteiger partial charge in [-0.3, -0.25) is 14.5 Å². The fourth-order valence-electron chi connectivity index (χ4n) is 2.85. The van der Waals surface area contributed by atoms with E-state index in [0.29, 0.717) is 13.1 Å². The molecule has 6 nitrogen and oxygen atoms in total. The van der Waals surface area contributed by atoms with E-state index in [0.717, 1.165) is 38.3 Å². The van der Waals surface area contributed by atoms with Crippen molar-refractivity contribution < 1.29 is 18.4 Å². The van der Waals surface area contributed by atoms with Crippen LogP contribution in [0.5, 0.6) is 0 Å². The number of benzene rings is 1. The van der Waals surface area contributed by atoms with E-state index in [2.05, 4.69) is 20.9 Å².